The van der Waals surface area contributed by atoms with Gasteiger partial charge >= 0.3 is 0 Å². The predicted molar refractivity (Wildman–Crippen MR) is 85.3 cm³/mol. The molecule has 1 fully saturated rings. The summed E-state index contributed by atoms with van der Waals surface area (Å²) < 4.78 is 0. The Morgan fingerprint density at radius 2 is 2.16 bits per heavy atom. The molecule has 0 radical (unpaired) electrons. The highest BCUT2D eigenvalue weighted by molar-refractivity contribution is 7.99. The third-order valence-corrected chi connectivity index (χ3v) is 6.84. The average molecular weight is 297 g/mol. The van der Waals surface area contributed by atoms with Gasteiger partial charge in [0, 0.05) is 10.6 Å². The van der Waals surface area contributed by atoms with Gasteiger partial charge in [-0.15, -0.1) is 11.3 Å². The van der Waals surface area contributed by atoms with Crippen molar-refractivity contribution >= 4 is 23.1 Å². The van der Waals surface area contributed by atoms with Crippen LogP contribution >= 0.6 is 23.1 Å². The summed E-state index contributed by atoms with van der Waals surface area (Å²) in [5, 5.41) is 5.23. The standard InChI is InChI=1S/C15H24N2S2/c1-2-9-16-15(8-5-10-18-11-15)14-17-12-6-3-4-7-13(12)19-14/h16H,2-11H2,1H3. The Morgan fingerprint density at radius 3 is 2.89 bits per heavy atom. The Kier molecular flexibility index (Phi) is 4.50. The Labute approximate surface area is 124 Å². The van der Waals surface area contributed by atoms with Crippen LogP contribution in [0.2, 0.25) is 0 Å². The number of rotatable bonds is 4. The maximum Gasteiger partial charge on any atom is 0.114 e. The van der Waals surface area contributed by atoms with Gasteiger partial charge < -0.3 is 5.32 Å². The maximum atomic E-state index is 5.04. The van der Waals surface area contributed by atoms with E-state index in [1.807, 2.05) is 11.3 Å². The smallest absolute Gasteiger partial charge is 0.114 e. The third kappa shape index (κ3) is 2.86. The second-order valence-corrected chi connectivity index (χ2v) is 7.95. The Hall–Kier alpha value is -0.0600. The lowest BCUT2D eigenvalue weighted by Crippen LogP contribution is -2.46. The van der Waals surface area contributed by atoms with Crippen LogP contribution in [0.25, 0.3) is 0 Å². The molecule has 2 nitrogen and oxygen atoms in total. The summed E-state index contributed by atoms with van der Waals surface area (Å²) in [7, 11) is 0. The van der Waals surface area contributed by atoms with E-state index in [1.165, 1.54) is 67.2 Å². The molecule has 0 aromatic carbocycles. The quantitative estimate of drug-likeness (QED) is 0.916. The van der Waals surface area contributed by atoms with Crippen LogP contribution in [0.5, 0.6) is 0 Å². The number of hydrogen-bond acceptors (Lipinski definition) is 4. The highest BCUT2D eigenvalue weighted by atomic mass is 32.2. The average Bonchev–Trinajstić information content (AvgIpc) is 2.91. The fourth-order valence-electron chi connectivity index (χ4n) is 3.10. The maximum absolute atomic E-state index is 5.04. The monoisotopic (exact) mass is 296 g/mol. The van der Waals surface area contributed by atoms with Crippen LogP contribution in [0.1, 0.15) is 54.6 Å². The third-order valence-electron chi connectivity index (χ3n) is 4.21. The molecule has 0 saturated carbocycles. The number of nitrogens with one attached hydrogen (secondary N) is 1. The largest absolute Gasteiger partial charge is 0.305 e. The highest BCUT2D eigenvalue weighted by Crippen LogP contribution is 2.39. The van der Waals surface area contributed by atoms with Gasteiger partial charge in [-0.05, 0) is 57.2 Å². The van der Waals surface area contributed by atoms with Crippen molar-refractivity contribution in [2.45, 2.75) is 57.4 Å². The number of aryl methyl sites for hydroxylation is 2. The molecule has 0 bridgehead atoms. The van der Waals surface area contributed by atoms with Gasteiger partial charge in [0.15, 0.2) is 0 Å². The minimum Gasteiger partial charge on any atom is -0.305 e. The van der Waals surface area contributed by atoms with Crippen molar-refractivity contribution in [1.29, 1.82) is 0 Å². The Balaban J connectivity index is 1.87. The summed E-state index contributed by atoms with van der Waals surface area (Å²) in [4.78, 5) is 6.62. The molecule has 1 aliphatic heterocycles. The first-order valence-electron chi connectivity index (χ1n) is 7.66. The first-order chi connectivity index (χ1) is 9.34. The molecule has 1 aromatic heterocycles. The lowest BCUT2D eigenvalue weighted by atomic mass is 9.95. The predicted octanol–water partition coefficient (Wildman–Crippen LogP) is 3.74. The fourth-order valence-corrected chi connectivity index (χ4v) is 5.76. The molecular formula is C15H24N2S2. The molecule has 1 aromatic rings. The van der Waals surface area contributed by atoms with Crippen LogP contribution in [-0.2, 0) is 18.4 Å². The van der Waals surface area contributed by atoms with Crippen LogP contribution in [0.3, 0.4) is 0 Å². The first-order valence-corrected chi connectivity index (χ1v) is 9.63. The second kappa shape index (κ2) is 6.15. The van der Waals surface area contributed by atoms with Gasteiger partial charge in [-0.25, -0.2) is 4.98 Å². The summed E-state index contributed by atoms with van der Waals surface area (Å²) in [6.45, 7) is 3.37. The molecule has 19 heavy (non-hydrogen) atoms. The summed E-state index contributed by atoms with van der Waals surface area (Å²) in [6, 6.07) is 0. The molecule has 1 N–H and O–H groups in total. The summed E-state index contributed by atoms with van der Waals surface area (Å²) in [5.41, 5.74) is 1.60. The molecule has 2 aliphatic rings. The molecule has 4 heteroatoms. The van der Waals surface area contributed by atoms with E-state index in [0.717, 1.165) is 6.54 Å². The molecule has 2 heterocycles. The molecule has 1 saturated heterocycles. The number of nitrogens with zero attached hydrogens (tertiary/aromatic N) is 1. The van der Waals surface area contributed by atoms with E-state index < -0.39 is 0 Å². The molecule has 1 unspecified atom stereocenters. The zero-order valence-corrected chi connectivity index (χ0v) is 13.5. The molecule has 3 rings (SSSR count). The fraction of sp³-hybridized carbons (Fsp3) is 0.800. The van der Waals surface area contributed by atoms with Gasteiger partial charge in [0.25, 0.3) is 0 Å². The van der Waals surface area contributed by atoms with E-state index in [4.69, 9.17) is 4.98 Å². The van der Waals surface area contributed by atoms with Gasteiger partial charge in [-0.2, -0.15) is 11.8 Å². The van der Waals surface area contributed by atoms with Crippen LogP contribution in [0.4, 0.5) is 0 Å². The van der Waals surface area contributed by atoms with Crippen molar-refractivity contribution < 1.29 is 0 Å². The molecule has 0 amide bonds. The summed E-state index contributed by atoms with van der Waals surface area (Å²) in [6.07, 6.45) is 8.97. The molecule has 106 valence electrons. The van der Waals surface area contributed by atoms with E-state index in [-0.39, 0.29) is 5.54 Å². The summed E-state index contributed by atoms with van der Waals surface area (Å²) in [5.74, 6) is 2.53. The lowest BCUT2D eigenvalue weighted by molar-refractivity contribution is 0.337. The Morgan fingerprint density at radius 1 is 1.26 bits per heavy atom. The minimum atomic E-state index is 0.181. The van der Waals surface area contributed by atoms with Crippen molar-refractivity contribution in [1.82, 2.24) is 10.3 Å². The number of fused-ring (bicyclic) bond motifs is 1. The molecule has 1 aliphatic carbocycles. The topological polar surface area (TPSA) is 24.9 Å². The number of hydrogen-bond donors (Lipinski definition) is 1. The van der Waals surface area contributed by atoms with Gasteiger partial charge in [0.05, 0.1) is 11.2 Å². The number of aromatic nitrogens is 1. The van der Waals surface area contributed by atoms with Crippen LogP contribution in [0, 0.1) is 0 Å². The van der Waals surface area contributed by atoms with Crippen molar-refractivity contribution in [3.05, 3.63) is 15.6 Å². The zero-order chi connectivity index (χ0) is 13.1. The number of thioether (sulfide) groups is 1. The Bertz CT molecular complexity index is 398. The number of thiazole rings is 1. The van der Waals surface area contributed by atoms with Crippen molar-refractivity contribution in [2.24, 2.45) is 0 Å². The van der Waals surface area contributed by atoms with Crippen molar-refractivity contribution in [2.75, 3.05) is 18.1 Å². The second-order valence-electron chi connectivity index (χ2n) is 5.76. The minimum absolute atomic E-state index is 0.181. The van der Waals surface area contributed by atoms with E-state index in [0.29, 0.717) is 0 Å². The van der Waals surface area contributed by atoms with Crippen LogP contribution in [-0.4, -0.2) is 23.0 Å². The molecule has 1 atom stereocenters. The van der Waals surface area contributed by atoms with Crippen molar-refractivity contribution in [3.63, 3.8) is 0 Å². The SMILES string of the molecule is CCCNC1(c2nc3c(s2)CCCC3)CCCSC1. The van der Waals surface area contributed by atoms with E-state index in [2.05, 4.69) is 24.0 Å². The van der Waals surface area contributed by atoms with Crippen molar-refractivity contribution in [3.8, 4) is 0 Å². The first kappa shape index (κ1) is 13.9. The summed E-state index contributed by atoms with van der Waals surface area (Å²) >= 11 is 4.10. The van der Waals surface area contributed by atoms with Crippen LogP contribution in [0.15, 0.2) is 0 Å². The van der Waals surface area contributed by atoms with Crippen LogP contribution < -0.4 is 5.32 Å². The normalized spacial score (nSPS) is 27.2. The lowest BCUT2D eigenvalue weighted by Gasteiger charge is -2.36. The van der Waals surface area contributed by atoms with E-state index in [9.17, 15) is 0 Å². The molecular weight excluding hydrogens is 272 g/mol. The van der Waals surface area contributed by atoms with Gasteiger partial charge in [0.1, 0.15) is 5.01 Å². The van der Waals surface area contributed by atoms with Gasteiger partial charge in [0.2, 0.25) is 0 Å². The van der Waals surface area contributed by atoms with E-state index >= 15 is 0 Å². The van der Waals surface area contributed by atoms with E-state index in [1.54, 1.807) is 4.88 Å². The zero-order valence-electron chi connectivity index (χ0n) is 11.8. The molecule has 0 spiro atoms. The van der Waals surface area contributed by atoms with Gasteiger partial charge in [-0.3, -0.25) is 0 Å². The highest BCUT2D eigenvalue weighted by Gasteiger charge is 2.37. The van der Waals surface area contributed by atoms with Gasteiger partial charge in [-0.1, -0.05) is 6.92 Å².